The molecule has 1 aliphatic rings. The highest BCUT2D eigenvalue weighted by Gasteiger charge is 2.22. The topological polar surface area (TPSA) is 92.2 Å². The first kappa shape index (κ1) is 15.4. The monoisotopic (exact) mass is 294 g/mol. The van der Waals surface area contributed by atoms with E-state index in [1.807, 2.05) is 6.92 Å². The average molecular weight is 294 g/mol. The van der Waals surface area contributed by atoms with Gasteiger partial charge in [0.2, 0.25) is 5.91 Å². The number of piperidine rings is 1. The summed E-state index contributed by atoms with van der Waals surface area (Å²) in [5.41, 5.74) is 0.291. The molecule has 21 heavy (non-hydrogen) atoms. The number of nitrogens with one attached hydrogen (secondary N) is 2. The van der Waals surface area contributed by atoms with E-state index in [4.69, 9.17) is 0 Å². The van der Waals surface area contributed by atoms with E-state index in [0.29, 0.717) is 12.2 Å². The predicted octanol–water partition coefficient (Wildman–Crippen LogP) is -0.589. The molecule has 0 aliphatic carbocycles. The van der Waals surface area contributed by atoms with E-state index in [9.17, 15) is 9.59 Å². The van der Waals surface area contributed by atoms with Crippen molar-refractivity contribution in [1.29, 1.82) is 0 Å². The minimum absolute atomic E-state index is 0.0338. The molecule has 0 radical (unpaired) electrons. The molecule has 1 aromatic heterocycles. The zero-order chi connectivity index (χ0) is 15.2. The van der Waals surface area contributed by atoms with Crippen LogP contribution in [0.2, 0.25) is 0 Å². The average Bonchev–Trinajstić information content (AvgIpc) is 3.02. The third-order valence-corrected chi connectivity index (χ3v) is 3.69. The third-order valence-electron chi connectivity index (χ3n) is 3.69. The molecular weight excluding hydrogens is 272 g/mol. The van der Waals surface area contributed by atoms with Crippen molar-refractivity contribution in [3.8, 4) is 0 Å². The van der Waals surface area contributed by atoms with Gasteiger partial charge in [0, 0.05) is 13.6 Å². The Bertz CT molecular complexity index is 495. The van der Waals surface area contributed by atoms with E-state index < -0.39 is 0 Å². The van der Waals surface area contributed by atoms with Gasteiger partial charge in [0.25, 0.3) is 5.91 Å². The lowest BCUT2D eigenvalue weighted by Crippen LogP contribution is -2.39. The van der Waals surface area contributed by atoms with E-state index in [2.05, 4.69) is 20.9 Å². The van der Waals surface area contributed by atoms with Gasteiger partial charge in [-0.1, -0.05) is 5.21 Å². The maximum absolute atomic E-state index is 12.3. The van der Waals surface area contributed by atoms with Crippen LogP contribution in [0.3, 0.4) is 0 Å². The lowest BCUT2D eigenvalue weighted by molar-refractivity contribution is -0.121. The van der Waals surface area contributed by atoms with E-state index in [-0.39, 0.29) is 24.4 Å². The Balaban J connectivity index is 2.04. The highest BCUT2D eigenvalue weighted by Crippen LogP contribution is 2.17. The zero-order valence-electron chi connectivity index (χ0n) is 12.5. The van der Waals surface area contributed by atoms with Gasteiger partial charge in [-0.25, -0.2) is 4.68 Å². The summed E-state index contributed by atoms with van der Waals surface area (Å²) in [6.45, 7) is 4.22. The summed E-state index contributed by atoms with van der Waals surface area (Å²) in [6.07, 6.45) is 3.64. The van der Waals surface area contributed by atoms with Crippen LogP contribution in [0.4, 0.5) is 0 Å². The lowest BCUT2D eigenvalue weighted by Gasteiger charge is -2.22. The molecule has 116 valence electrons. The van der Waals surface area contributed by atoms with Gasteiger partial charge in [-0.05, 0) is 32.9 Å². The normalized spacial score (nSPS) is 15.7. The first-order chi connectivity index (χ1) is 10.2. The van der Waals surface area contributed by atoms with Crippen LogP contribution >= 0.6 is 0 Å². The molecule has 0 spiro atoms. The van der Waals surface area contributed by atoms with Crippen molar-refractivity contribution in [2.75, 3.05) is 33.2 Å². The minimum Gasteiger partial charge on any atom is -0.358 e. The first-order valence-electron chi connectivity index (χ1n) is 7.28. The number of hydrogen-bond acceptors (Lipinski definition) is 5. The van der Waals surface area contributed by atoms with E-state index in [1.165, 1.54) is 4.90 Å². The van der Waals surface area contributed by atoms with Crippen LogP contribution in [-0.2, 0) is 4.79 Å². The molecule has 8 nitrogen and oxygen atoms in total. The molecule has 0 saturated carbocycles. The van der Waals surface area contributed by atoms with Crippen molar-refractivity contribution in [1.82, 2.24) is 30.5 Å². The molecule has 1 aliphatic heterocycles. The summed E-state index contributed by atoms with van der Waals surface area (Å²) in [5, 5.41) is 13.8. The van der Waals surface area contributed by atoms with Gasteiger partial charge < -0.3 is 15.5 Å². The van der Waals surface area contributed by atoms with Gasteiger partial charge in [-0.15, -0.1) is 5.10 Å². The molecule has 1 fully saturated rings. The lowest BCUT2D eigenvalue weighted by atomic mass is 10.1. The fraction of sp³-hybridized carbons (Fsp3) is 0.692. The van der Waals surface area contributed by atoms with E-state index in [0.717, 1.165) is 25.9 Å². The molecule has 2 amide bonds. The highest BCUT2D eigenvalue weighted by molar-refractivity contribution is 5.94. The van der Waals surface area contributed by atoms with Gasteiger partial charge in [-0.2, -0.15) is 0 Å². The summed E-state index contributed by atoms with van der Waals surface area (Å²) < 4.78 is 1.77. The molecule has 0 aromatic carbocycles. The fourth-order valence-electron chi connectivity index (χ4n) is 2.37. The Morgan fingerprint density at radius 3 is 2.81 bits per heavy atom. The summed E-state index contributed by atoms with van der Waals surface area (Å²) >= 11 is 0. The maximum Gasteiger partial charge on any atom is 0.276 e. The number of carbonyl (C=O) groups is 2. The van der Waals surface area contributed by atoms with Crippen molar-refractivity contribution >= 4 is 11.8 Å². The van der Waals surface area contributed by atoms with Crippen molar-refractivity contribution in [3.05, 3.63) is 11.9 Å². The van der Waals surface area contributed by atoms with E-state index in [1.54, 1.807) is 17.9 Å². The predicted molar refractivity (Wildman–Crippen MR) is 76.8 cm³/mol. The van der Waals surface area contributed by atoms with E-state index >= 15 is 0 Å². The van der Waals surface area contributed by atoms with Gasteiger partial charge in [-0.3, -0.25) is 9.59 Å². The second-order valence-corrected chi connectivity index (χ2v) is 5.06. The number of hydrogen-bond donors (Lipinski definition) is 2. The van der Waals surface area contributed by atoms with Gasteiger partial charge >= 0.3 is 0 Å². The standard InChI is InChI=1S/C13H22N6O2/c1-3-18(9-12(20)14-2)13(21)11-8-19(17-16-11)10-4-6-15-7-5-10/h8,10,15H,3-7,9H2,1-2H3,(H,14,20). The summed E-state index contributed by atoms with van der Waals surface area (Å²) in [5.74, 6) is -0.461. The number of likely N-dealkylation sites (N-methyl/N-ethyl adjacent to an activating group) is 2. The second-order valence-electron chi connectivity index (χ2n) is 5.06. The number of rotatable bonds is 5. The first-order valence-corrected chi connectivity index (χ1v) is 7.28. The fourth-order valence-corrected chi connectivity index (χ4v) is 2.37. The van der Waals surface area contributed by atoms with Crippen molar-refractivity contribution in [2.24, 2.45) is 0 Å². The number of amides is 2. The Morgan fingerprint density at radius 1 is 1.48 bits per heavy atom. The van der Waals surface area contributed by atoms with Gasteiger partial charge in [0.15, 0.2) is 5.69 Å². The molecule has 0 atom stereocenters. The quantitative estimate of drug-likeness (QED) is 0.757. The Labute approximate surface area is 123 Å². The maximum atomic E-state index is 12.3. The Morgan fingerprint density at radius 2 is 2.19 bits per heavy atom. The van der Waals surface area contributed by atoms with Crippen LogP contribution in [0.5, 0.6) is 0 Å². The van der Waals surface area contributed by atoms with Crippen LogP contribution in [0.1, 0.15) is 36.3 Å². The minimum atomic E-state index is -0.263. The number of nitrogens with zero attached hydrogens (tertiary/aromatic N) is 4. The van der Waals surface area contributed by atoms with Crippen LogP contribution in [-0.4, -0.2) is 64.9 Å². The van der Waals surface area contributed by atoms with Crippen LogP contribution in [0.25, 0.3) is 0 Å². The van der Waals surface area contributed by atoms with Gasteiger partial charge in [0.05, 0.1) is 18.8 Å². The molecule has 2 N–H and O–H groups in total. The third kappa shape index (κ3) is 3.78. The molecule has 0 bridgehead atoms. The molecule has 1 saturated heterocycles. The highest BCUT2D eigenvalue weighted by atomic mass is 16.2. The Kier molecular flexibility index (Phi) is 5.26. The number of aromatic nitrogens is 3. The molecule has 8 heteroatoms. The Hall–Kier alpha value is -1.96. The smallest absolute Gasteiger partial charge is 0.276 e. The second kappa shape index (κ2) is 7.16. The SMILES string of the molecule is CCN(CC(=O)NC)C(=O)c1cn(C2CCNCC2)nn1. The van der Waals surface area contributed by atoms with Crippen LogP contribution < -0.4 is 10.6 Å². The summed E-state index contributed by atoms with van der Waals surface area (Å²) in [7, 11) is 1.55. The summed E-state index contributed by atoms with van der Waals surface area (Å²) in [4.78, 5) is 25.2. The van der Waals surface area contributed by atoms with Crippen molar-refractivity contribution in [2.45, 2.75) is 25.8 Å². The molecular formula is C13H22N6O2. The van der Waals surface area contributed by atoms with Crippen molar-refractivity contribution in [3.63, 3.8) is 0 Å². The molecule has 2 heterocycles. The van der Waals surface area contributed by atoms with Crippen LogP contribution in [0.15, 0.2) is 6.20 Å². The molecule has 0 unspecified atom stereocenters. The van der Waals surface area contributed by atoms with Gasteiger partial charge in [0.1, 0.15) is 0 Å². The number of carbonyl (C=O) groups excluding carboxylic acids is 2. The van der Waals surface area contributed by atoms with Crippen molar-refractivity contribution < 1.29 is 9.59 Å². The molecule has 2 rings (SSSR count). The molecule has 1 aromatic rings. The summed E-state index contributed by atoms with van der Waals surface area (Å²) in [6, 6.07) is 0.286. The zero-order valence-corrected chi connectivity index (χ0v) is 12.5. The largest absolute Gasteiger partial charge is 0.358 e. The van der Waals surface area contributed by atoms with Crippen LogP contribution in [0, 0.1) is 0 Å².